The molecule has 30 heavy (non-hydrogen) atoms. The van der Waals surface area contributed by atoms with E-state index in [1.54, 1.807) is 0 Å². The van der Waals surface area contributed by atoms with Crippen LogP contribution in [-0.2, 0) is 4.79 Å². The van der Waals surface area contributed by atoms with E-state index in [0.29, 0.717) is 0 Å². The first-order chi connectivity index (χ1) is 14.2. The number of carbonyl (C=O) groups excluding carboxylic acids is 1. The van der Waals surface area contributed by atoms with Gasteiger partial charge in [0.2, 0.25) is 0 Å². The molecule has 0 atom stereocenters. The Labute approximate surface area is 169 Å². The standard InChI is InChI=1S/C20H15N3O7/c21-13-7-15(23-10-2-4-17(25)12(6-10)20(29)30)18(26)8-14(13)22-9-1-3-16(24)11(5-9)19(27)28/h1-6,21,24-25H,7-8H2,(H,27,28)(H,29,30). The van der Waals surface area contributed by atoms with Gasteiger partial charge in [-0.1, -0.05) is 0 Å². The van der Waals surface area contributed by atoms with Crippen molar-refractivity contribution in [3.8, 4) is 11.5 Å². The predicted octanol–water partition coefficient (Wildman–Crippen LogP) is 2.72. The van der Waals surface area contributed by atoms with Crippen LogP contribution in [0.25, 0.3) is 0 Å². The van der Waals surface area contributed by atoms with E-state index < -0.39 is 29.2 Å². The van der Waals surface area contributed by atoms with Crippen molar-refractivity contribution in [2.24, 2.45) is 9.98 Å². The quantitative estimate of drug-likeness (QED) is 0.514. The van der Waals surface area contributed by atoms with E-state index in [-0.39, 0.29) is 52.5 Å². The van der Waals surface area contributed by atoms with E-state index in [2.05, 4.69) is 9.98 Å². The van der Waals surface area contributed by atoms with Gasteiger partial charge in [0.1, 0.15) is 22.6 Å². The SMILES string of the molecule is N=C1CC(=Nc2ccc(O)c(C(=O)O)c2)C(=O)CC1=Nc1ccc(O)c(C(=O)O)c1. The highest BCUT2D eigenvalue weighted by atomic mass is 16.4. The number of rotatable bonds is 4. The third-order valence-corrected chi connectivity index (χ3v) is 4.29. The molecule has 2 aromatic rings. The van der Waals surface area contributed by atoms with Crippen LogP contribution in [0.2, 0.25) is 0 Å². The Balaban J connectivity index is 1.87. The summed E-state index contributed by atoms with van der Waals surface area (Å²) < 4.78 is 0. The van der Waals surface area contributed by atoms with Crippen LogP contribution in [-0.4, -0.2) is 55.3 Å². The topological polar surface area (TPSA) is 181 Å². The number of carbonyl (C=O) groups is 3. The molecule has 1 fully saturated rings. The summed E-state index contributed by atoms with van der Waals surface area (Å²) in [5.74, 6) is -3.97. The second-order valence-corrected chi connectivity index (χ2v) is 6.39. The molecule has 0 unspecified atom stereocenters. The average Bonchev–Trinajstić information content (AvgIpc) is 2.68. The number of aromatic carboxylic acids is 2. The van der Waals surface area contributed by atoms with Crippen LogP contribution in [0.3, 0.4) is 0 Å². The fraction of sp³-hybridized carbons (Fsp3) is 0.100. The molecule has 0 heterocycles. The van der Waals surface area contributed by atoms with E-state index in [1.165, 1.54) is 12.1 Å². The number of aliphatic imine (C=N–C) groups is 2. The van der Waals surface area contributed by atoms with Gasteiger partial charge >= 0.3 is 11.9 Å². The first-order valence-electron chi connectivity index (χ1n) is 8.54. The molecule has 1 saturated carbocycles. The lowest BCUT2D eigenvalue weighted by atomic mass is 9.93. The Morgan fingerprint density at radius 1 is 0.800 bits per heavy atom. The van der Waals surface area contributed by atoms with Gasteiger partial charge in [-0.3, -0.25) is 9.79 Å². The molecule has 0 aliphatic heterocycles. The zero-order valence-corrected chi connectivity index (χ0v) is 15.3. The number of hydrogen-bond donors (Lipinski definition) is 5. The number of nitrogens with one attached hydrogen (secondary N) is 1. The van der Waals surface area contributed by atoms with Crippen LogP contribution in [0.15, 0.2) is 46.4 Å². The summed E-state index contributed by atoms with van der Waals surface area (Å²) in [6.07, 6.45) is -0.393. The van der Waals surface area contributed by atoms with Gasteiger partial charge in [0.05, 0.1) is 34.9 Å². The maximum absolute atomic E-state index is 12.5. The van der Waals surface area contributed by atoms with E-state index in [1.807, 2.05) is 0 Å². The van der Waals surface area contributed by atoms with Crippen LogP contribution in [0.5, 0.6) is 11.5 Å². The van der Waals surface area contributed by atoms with Crippen molar-refractivity contribution in [2.45, 2.75) is 12.8 Å². The van der Waals surface area contributed by atoms with Crippen molar-refractivity contribution < 1.29 is 34.8 Å². The van der Waals surface area contributed by atoms with Crippen molar-refractivity contribution in [1.29, 1.82) is 5.41 Å². The maximum Gasteiger partial charge on any atom is 0.339 e. The minimum atomic E-state index is -1.35. The monoisotopic (exact) mass is 409 g/mol. The Bertz CT molecular complexity index is 1070. The van der Waals surface area contributed by atoms with Gasteiger partial charge in [-0.25, -0.2) is 14.6 Å². The Morgan fingerprint density at radius 3 is 1.73 bits per heavy atom. The molecular formula is C20H15N3O7. The summed E-state index contributed by atoms with van der Waals surface area (Å²) in [5.41, 5.74) is -0.228. The molecule has 2 aromatic carbocycles. The number of Topliss-reactive ketones (excluding diaryl/α,β-unsaturated/α-hetero) is 1. The van der Waals surface area contributed by atoms with Gasteiger partial charge in [-0.05, 0) is 36.4 Å². The van der Waals surface area contributed by atoms with Crippen molar-refractivity contribution in [1.82, 2.24) is 0 Å². The second kappa shape index (κ2) is 7.95. The van der Waals surface area contributed by atoms with Crippen molar-refractivity contribution in [3.05, 3.63) is 47.5 Å². The molecule has 0 radical (unpaired) electrons. The normalized spacial score (nSPS) is 16.8. The molecule has 1 aliphatic rings. The van der Waals surface area contributed by atoms with Gasteiger partial charge < -0.3 is 25.8 Å². The summed E-state index contributed by atoms with van der Waals surface area (Å²) in [6.45, 7) is 0. The van der Waals surface area contributed by atoms with Gasteiger partial charge in [0, 0.05) is 6.42 Å². The molecule has 10 heteroatoms. The fourth-order valence-electron chi connectivity index (χ4n) is 2.78. The molecule has 10 nitrogen and oxygen atoms in total. The highest BCUT2D eigenvalue weighted by molar-refractivity contribution is 6.61. The number of aromatic hydroxyl groups is 2. The highest BCUT2D eigenvalue weighted by Crippen LogP contribution is 2.26. The lowest BCUT2D eigenvalue weighted by Crippen LogP contribution is -2.32. The van der Waals surface area contributed by atoms with Crippen molar-refractivity contribution >= 4 is 46.2 Å². The molecule has 1 aliphatic carbocycles. The second-order valence-electron chi connectivity index (χ2n) is 6.39. The van der Waals surface area contributed by atoms with Crippen molar-refractivity contribution in [2.75, 3.05) is 0 Å². The van der Waals surface area contributed by atoms with Crippen LogP contribution in [0, 0.1) is 5.41 Å². The zero-order chi connectivity index (χ0) is 22.0. The number of carboxylic acid groups (broad SMARTS) is 2. The predicted molar refractivity (Wildman–Crippen MR) is 106 cm³/mol. The summed E-state index contributed by atoms with van der Waals surface area (Å²) in [4.78, 5) is 42.9. The number of hydrogen-bond acceptors (Lipinski definition) is 8. The molecule has 0 spiro atoms. The molecular weight excluding hydrogens is 394 g/mol. The summed E-state index contributed by atoms with van der Waals surface area (Å²) in [5, 5.41) is 45.4. The average molecular weight is 409 g/mol. The van der Waals surface area contributed by atoms with Gasteiger partial charge in [-0.15, -0.1) is 0 Å². The molecule has 5 N–H and O–H groups in total. The smallest absolute Gasteiger partial charge is 0.339 e. The number of carboxylic acids is 2. The molecule has 0 saturated heterocycles. The lowest BCUT2D eigenvalue weighted by Gasteiger charge is -2.16. The van der Waals surface area contributed by atoms with E-state index in [9.17, 15) is 24.6 Å². The summed E-state index contributed by atoms with van der Waals surface area (Å²) in [7, 11) is 0. The van der Waals surface area contributed by atoms with Crippen LogP contribution in [0.1, 0.15) is 33.6 Å². The van der Waals surface area contributed by atoms with E-state index >= 15 is 0 Å². The van der Waals surface area contributed by atoms with Crippen LogP contribution >= 0.6 is 0 Å². The lowest BCUT2D eigenvalue weighted by molar-refractivity contribution is -0.112. The van der Waals surface area contributed by atoms with E-state index in [4.69, 9.17) is 15.6 Å². The molecule has 0 amide bonds. The van der Waals surface area contributed by atoms with Crippen LogP contribution in [0.4, 0.5) is 11.4 Å². The van der Waals surface area contributed by atoms with Crippen LogP contribution < -0.4 is 0 Å². The number of nitrogens with zero attached hydrogens (tertiary/aromatic N) is 2. The van der Waals surface area contributed by atoms with Gasteiger partial charge in [0.15, 0.2) is 5.78 Å². The first kappa shape index (κ1) is 20.4. The molecule has 152 valence electrons. The number of ketones is 1. The largest absolute Gasteiger partial charge is 0.507 e. The Morgan fingerprint density at radius 2 is 1.27 bits per heavy atom. The molecule has 0 aromatic heterocycles. The number of phenols is 2. The number of benzene rings is 2. The van der Waals surface area contributed by atoms with E-state index in [0.717, 1.165) is 24.3 Å². The van der Waals surface area contributed by atoms with Gasteiger partial charge in [0.25, 0.3) is 0 Å². The minimum Gasteiger partial charge on any atom is -0.507 e. The van der Waals surface area contributed by atoms with Crippen molar-refractivity contribution in [3.63, 3.8) is 0 Å². The van der Waals surface area contributed by atoms with Gasteiger partial charge in [-0.2, -0.15) is 0 Å². The first-order valence-corrected chi connectivity index (χ1v) is 8.54. The highest BCUT2D eigenvalue weighted by Gasteiger charge is 2.26. The summed E-state index contributed by atoms with van der Waals surface area (Å²) in [6, 6.07) is 7.28. The Hall–Kier alpha value is -4.34. The fourth-order valence-corrected chi connectivity index (χ4v) is 2.78. The minimum absolute atomic E-state index is 0.00413. The zero-order valence-electron chi connectivity index (χ0n) is 15.3. The molecule has 0 bridgehead atoms. The Kier molecular flexibility index (Phi) is 5.41. The third kappa shape index (κ3) is 4.22. The molecule has 3 rings (SSSR count). The maximum atomic E-state index is 12.5. The summed E-state index contributed by atoms with van der Waals surface area (Å²) >= 11 is 0. The third-order valence-electron chi connectivity index (χ3n) is 4.29.